The Balaban J connectivity index is 2.05. The second kappa shape index (κ2) is 5.51. The van der Waals surface area contributed by atoms with E-state index >= 15 is 0 Å². The van der Waals surface area contributed by atoms with E-state index in [0.29, 0.717) is 0 Å². The van der Waals surface area contributed by atoms with Crippen LogP contribution >= 0.6 is 0 Å². The number of nitrogens with zero attached hydrogens (tertiary/aromatic N) is 1. The molecule has 0 saturated heterocycles. The molecule has 2 rings (SSSR count). The minimum atomic E-state index is -1.05. The summed E-state index contributed by atoms with van der Waals surface area (Å²) < 4.78 is 38.8. The van der Waals surface area contributed by atoms with Crippen LogP contribution in [0, 0.1) is 17.6 Å². The standard InChI is InChI=1S/C13H9F3N2O/c14-10-3-1-2-8(13(10)16)6-12(19)18-9-4-5-11(15)17-7-9/h1-5,7H,6H2,(H,18,19). The fourth-order valence-electron chi connectivity index (χ4n) is 1.51. The fraction of sp³-hybridized carbons (Fsp3) is 0.0769. The van der Waals surface area contributed by atoms with E-state index in [2.05, 4.69) is 10.3 Å². The van der Waals surface area contributed by atoms with Crippen molar-refractivity contribution >= 4 is 11.6 Å². The summed E-state index contributed by atoms with van der Waals surface area (Å²) in [6, 6.07) is 6.02. The lowest BCUT2D eigenvalue weighted by atomic mass is 10.1. The van der Waals surface area contributed by atoms with Crippen molar-refractivity contribution < 1.29 is 18.0 Å². The number of anilines is 1. The maximum absolute atomic E-state index is 13.3. The first-order valence-electron chi connectivity index (χ1n) is 5.40. The highest BCUT2D eigenvalue weighted by atomic mass is 19.2. The first-order valence-corrected chi connectivity index (χ1v) is 5.40. The zero-order valence-corrected chi connectivity index (χ0v) is 9.66. The van der Waals surface area contributed by atoms with Crippen molar-refractivity contribution in [3.63, 3.8) is 0 Å². The number of pyridine rings is 1. The van der Waals surface area contributed by atoms with Crippen LogP contribution in [0.5, 0.6) is 0 Å². The maximum Gasteiger partial charge on any atom is 0.228 e. The number of amides is 1. The molecule has 0 fully saturated rings. The second-order valence-corrected chi connectivity index (χ2v) is 3.81. The maximum atomic E-state index is 13.3. The minimum absolute atomic E-state index is 0.0485. The molecule has 0 spiro atoms. The third kappa shape index (κ3) is 3.31. The molecule has 0 bridgehead atoms. The zero-order valence-electron chi connectivity index (χ0n) is 9.66. The Kier molecular flexibility index (Phi) is 3.79. The van der Waals surface area contributed by atoms with E-state index in [4.69, 9.17) is 0 Å². The molecule has 1 amide bonds. The smallest absolute Gasteiger partial charge is 0.228 e. The van der Waals surface area contributed by atoms with Gasteiger partial charge in [-0.25, -0.2) is 13.8 Å². The predicted octanol–water partition coefficient (Wildman–Crippen LogP) is 2.68. The lowest BCUT2D eigenvalue weighted by molar-refractivity contribution is -0.115. The van der Waals surface area contributed by atoms with Crippen molar-refractivity contribution in [1.29, 1.82) is 0 Å². The molecule has 2 aromatic rings. The molecule has 0 unspecified atom stereocenters. The van der Waals surface area contributed by atoms with Gasteiger partial charge in [-0.15, -0.1) is 0 Å². The summed E-state index contributed by atoms with van der Waals surface area (Å²) in [6.45, 7) is 0. The van der Waals surface area contributed by atoms with E-state index in [-0.39, 0.29) is 17.7 Å². The molecule has 0 aliphatic carbocycles. The van der Waals surface area contributed by atoms with Gasteiger partial charge in [0.25, 0.3) is 0 Å². The third-order valence-electron chi connectivity index (χ3n) is 2.39. The summed E-state index contributed by atoms with van der Waals surface area (Å²) in [5.74, 6) is -3.27. The van der Waals surface area contributed by atoms with Crippen LogP contribution in [0.2, 0.25) is 0 Å². The normalized spacial score (nSPS) is 10.3. The zero-order chi connectivity index (χ0) is 13.8. The molecule has 0 aliphatic rings. The molecule has 0 aliphatic heterocycles. The number of benzene rings is 1. The summed E-state index contributed by atoms with van der Waals surface area (Å²) in [7, 11) is 0. The molecule has 98 valence electrons. The Morgan fingerprint density at radius 1 is 1.16 bits per heavy atom. The molecule has 1 aromatic carbocycles. The van der Waals surface area contributed by atoms with Crippen molar-refractivity contribution in [2.24, 2.45) is 0 Å². The quantitative estimate of drug-likeness (QED) is 0.868. The van der Waals surface area contributed by atoms with E-state index in [1.54, 1.807) is 0 Å². The molecular formula is C13H9F3N2O. The summed E-state index contributed by atoms with van der Waals surface area (Å²) in [6.07, 6.45) is 0.816. The van der Waals surface area contributed by atoms with Gasteiger partial charge in [0, 0.05) is 5.56 Å². The largest absolute Gasteiger partial charge is 0.324 e. The SMILES string of the molecule is O=C(Cc1cccc(F)c1F)Nc1ccc(F)nc1. The monoisotopic (exact) mass is 266 g/mol. The Morgan fingerprint density at radius 3 is 2.63 bits per heavy atom. The lowest BCUT2D eigenvalue weighted by Crippen LogP contribution is -2.15. The van der Waals surface area contributed by atoms with E-state index in [1.807, 2.05) is 0 Å². The Hall–Kier alpha value is -2.37. The summed E-state index contributed by atoms with van der Waals surface area (Å²) in [4.78, 5) is 15.0. The van der Waals surface area contributed by atoms with E-state index < -0.39 is 23.5 Å². The van der Waals surface area contributed by atoms with Gasteiger partial charge in [0.1, 0.15) is 0 Å². The number of carbonyl (C=O) groups excluding carboxylic acids is 1. The fourth-order valence-corrected chi connectivity index (χ4v) is 1.51. The minimum Gasteiger partial charge on any atom is -0.324 e. The van der Waals surface area contributed by atoms with Crippen molar-refractivity contribution in [2.75, 3.05) is 5.32 Å². The van der Waals surface area contributed by atoms with Crippen molar-refractivity contribution in [3.8, 4) is 0 Å². The van der Waals surface area contributed by atoms with Gasteiger partial charge < -0.3 is 5.32 Å². The Morgan fingerprint density at radius 2 is 1.95 bits per heavy atom. The van der Waals surface area contributed by atoms with Gasteiger partial charge in [-0.3, -0.25) is 4.79 Å². The Labute approximate surface area is 107 Å². The molecular weight excluding hydrogens is 257 g/mol. The molecule has 1 heterocycles. The number of carbonyl (C=O) groups is 1. The lowest BCUT2D eigenvalue weighted by Gasteiger charge is -2.06. The van der Waals surface area contributed by atoms with E-state index in [1.165, 1.54) is 18.2 Å². The van der Waals surface area contributed by atoms with E-state index in [9.17, 15) is 18.0 Å². The van der Waals surface area contributed by atoms with Gasteiger partial charge in [0.2, 0.25) is 11.9 Å². The molecule has 19 heavy (non-hydrogen) atoms. The summed E-state index contributed by atoms with van der Waals surface area (Å²) >= 11 is 0. The van der Waals surface area contributed by atoms with Gasteiger partial charge in [0.15, 0.2) is 11.6 Å². The van der Waals surface area contributed by atoms with E-state index in [0.717, 1.165) is 18.3 Å². The van der Waals surface area contributed by atoms with Gasteiger partial charge in [0.05, 0.1) is 18.3 Å². The summed E-state index contributed by atoms with van der Waals surface area (Å²) in [5, 5.41) is 2.41. The number of aromatic nitrogens is 1. The highest BCUT2D eigenvalue weighted by molar-refractivity contribution is 5.92. The number of halogens is 3. The van der Waals surface area contributed by atoms with Crippen LogP contribution in [0.3, 0.4) is 0 Å². The van der Waals surface area contributed by atoms with Crippen LogP contribution in [0.25, 0.3) is 0 Å². The number of nitrogens with one attached hydrogen (secondary N) is 1. The van der Waals surface area contributed by atoms with Crippen LogP contribution < -0.4 is 5.32 Å². The molecule has 1 N–H and O–H groups in total. The van der Waals surface area contributed by atoms with Gasteiger partial charge in [-0.05, 0) is 18.2 Å². The molecule has 6 heteroatoms. The Bertz CT molecular complexity index is 599. The van der Waals surface area contributed by atoms with Gasteiger partial charge in [-0.2, -0.15) is 4.39 Å². The first-order chi connectivity index (χ1) is 9.06. The molecule has 1 aromatic heterocycles. The van der Waals surface area contributed by atoms with Crippen LogP contribution in [-0.4, -0.2) is 10.9 Å². The summed E-state index contributed by atoms with van der Waals surface area (Å²) in [5.41, 5.74) is 0.232. The number of rotatable bonds is 3. The van der Waals surface area contributed by atoms with Crippen LogP contribution in [0.15, 0.2) is 36.5 Å². The predicted molar refractivity (Wildman–Crippen MR) is 62.9 cm³/mol. The first kappa shape index (κ1) is 13.1. The van der Waals surface area contributed by atoms with Crippen LogP contribution in [-0.2, 0) is 11.2 Å². The van der Waals surface area contributed by atoms with Crippen molar-refractivity contribution in [3.05, 3.63) is 59.7 Å². The highest BCUT2D eigenvalue weighted by Crippen LogP contribution is 2.13. The molecule has 0 atom stereocenters. The van der Waals surface area contributed by atoms with Crippen LogP contribution in [0.4, 0.5) is 18.9 Å². The van der Waals surface area contributed by atoms with Crippen LogP contribution in [0.1, 0.15) is 5.56 Å². The topological polar surface area (TPSA) is 42.0 Å². The average Bonchev–Trinajstić information content (AvgIpc) is 2.38. The number of hydrogen-bond donors (Lipinski definition) is 1. The molecule has 0 radical (unpaired) electrons. The number of hydrogen-bond acceptors (Lipinski definition) is 2. The van der Waals surface area contributed by atoms with Gasteiger partial charge in [-0.1, -0.05) is 12.1 Å². The van der Waals surface area contributed by atoms with Crippen molar-refractivity contribution in [2.45, 2.75) is 6.42 Å². The highest BCUT2D eigenvalue weighted by Gasteiger charge is 2.11. The van der Waals surface area contributed by atoms with Crippen molar-refractivity contribution in [1.82, 2.24) is 4.98 Å². The average molecular weight is 266 g/mol. The second-order valence-electron chi connectivity index (χ2n) is 3.81. The molecule has 3 nitrogen and oxygen atoms in total. The third-order valence-corrected chi connectivity index (χ3v) is 2.39. The molecule has 0 saturated carbocycles. The van der Waals surface area contributed by atoms with Gasteiger partial charge >= 0.3 is 0 Å².